The monoisotopic (exact) mass is 383 g/mol. The summed E-state index contributed by atoms with van der Waals surface area (Å²) in [6, 6.07) is 4.18. The number of thiophene rings is 2. The van der Waals surface area contributed by atoms with Gasteiger partial charge >= 0.3 is 0 Å². The van der Waals surface area contributed by atoms with Gasteiger partial charge in [0.15, 0.2) is 0 Å². The molecule has 0 aliphatic carbocycles. The summed E-state index contributed by atoms with van der Waals surface area (Å²) in [5.74, 6) is 0. The lowest BCUT2D eigenvalue weighted by Crippen LogP contribution is -2.21. The third kappa shape index (κ3) is 3.11. The molecule has 18 heavy (non-hydrogen) atoms. The molecule has 1 nitrogen and oxygen atoms in total. The summed E-state index contributed by atoms with van der Waals surface area (Å²) in [5.41, 5.74) is 1.05. The largest absolute Gasteiger partial charge is 0.306 e. The van der Waals surface area contributed by atoms with E-state index in [4.69, 9.17) is 23.2 Å². The second kappa shape index (κ2) is 6.25. The molecule has 1 unspecified atom stereocenters. The van der Waals surface area contributed by atoms with Crippen LogP contribution in [0.3, 0.4) is 0 Å². The smallest absolute Gasteiger partial charge is 0.0995 e. The lowest BCUT2D eigenvalue weighted by Gasteiger charge is -2.16. The number of rotatable bonds is 4. The molecule has 0 saturated carbocycles. The van der Waals surface area contributed by atoms with Crippen LogP contribution in [0.1, 0.15) is 28.3 Å². The molecule has 0 aromatic carbocycles. The highest BCUT2D eigenvalue weighted by Gasteiger charge is 2.22. The van der Waals surface area contributed by atoms with Crippen LogP contribution < -0.4 is 5.32 Å². The predicted molar refractivity (Wildman–Crippen MR) is 86.6 cm³/mol. The maximum atomic E-state index is 6.27. The van der Waals surface area contributed by atoms with Gasteiger partial charge in [-0.25, -0.2) is 0 Å². The Balaban J connectivity index is 2.46. The number of aryl methyl sites for hydroxylation is 1. The van der Waals surface area contributed by atoms with Crippen molar-refractivity contribution in [1.82, 2.24) is 5.32 Å². The predicted octanol–water partition coefficient (Wildman–Crippen LogP) is 5.89. The van der Waals surface area contributed by atoms with E-state index >= 15 is 0 Å². The van der Waals surface area contributed by atoms with Crippen molar-refractivity contribution >= 4 is 61.8 Å². The lowest BCUT2D eigenvalue weighted by molar-refractivity contribution is 0.640. The van der Waals surface area contributed by atoms with E-state index in [2.05, 4.69) is 41.2 Å². The molecule has 2 aromatic heterocycles. The van der Waals surface area contributed by atoms with Gasteiger partial charge in [0.2, 0.25) is 0 Å². The summed E-state index contributed by atoms with van der Waals surface area (Å²) in [7, 11) is 0. The van der Waals surface area contributed by atoms with E-state index < -0.39 is 0 Å². The zero-order chi connectivity index (χ0) is 13.3. The minimum atomic E-state index is 0.0966. The van der Waals surface area contributed by atoms with Gasteiger partial charge in [0.25, 0.3) is 0 Å². The molecule has 1 N–H and O–H groups in total. The fraction of sp³-hybridized carbons (Fsp3) is 0.333. The molecular weight excluding hydrogens is 373 g/mol. The SMILES string of the molecule is CCNC(c1cc(Cl)sc1Cl)c1sc(C)cc1Br. The molecule has 2 heterocycles. The summed E-state index contributed by atoms with van der Waals surface area (Å²) in [6.07, 6.45) is 0. The van der Waals surface area contributed by atoms with Crippen LogP contribution in [0.15, 0.2) is 16.6 Å². The van der Waals surface area contributed by atoms with E-state index in [9.17, 15) is 0 Å². The van der Waals surface area contributed by atoms with Gasteiger partial charge in [-0.2, -0.15) is 0 Å². The van der Waals surface area contributed by atoms with E-state index in [0.29, 0.717) is 0 Å². The van der Waals surface area contributed by atoms with E-state index in [0.717, 1.165) is 25.3 Å². The minimum absolute atomic E-state index is 0.0966. The summed E-state index contributed by atoms with van der Waals surface area (Å²) in [6.45, 7) is 5.06. The number of halogens is 3. The lowest BCUT2D eigenvalue weighted by atomic mass is 10.1. The standard InChI is InChI=1S/C12H12BrCl2NS2/c1-3-16-10(7-5-9(14)18-12(7)15)11-8(13)4-6(2)17-11/h4-5,10,16H,3H2,1-2H3. The van der Waals surface area contributed by atoms with Gasteiger partial charge < -0.3 is 5.32 Å². The van der Waals surface area contributed by atoms with E-state index in [1.807, 2.05) is 6.07 Å². The van der Waals surface area contributed by atoms with Crippen molar-refractivity contribution in [3.05, 3.63) is 40.6 Å². The normalized spacial score (nSPS) is 12.9. The Labute approximate surface area is 133 Å². The van der Waals surface area contributed by atoms with Crippen LogP contribution in [0.25, 0.3) is 0 Å². The second-order valence-corrected chi connectivity index (χ2v) is 8.27. The van der Waals surface area contributed by atoms with Crippen molar-refractivity contribution in [3.8, 4) is 0 Å². The van der Waals surface area contributed by atoms with Gasteiger partial charge in [-0.1, -0.05) is 30.1 Å². The molecule has 0 fully saturated rings. The number of hydrogen-bond acceptors (Lipinski definition) is 3. The highest BCUT2D eigenvalue weighted by molar-refractivity contribution is 9.10. The van der Waals surface area contributed by atoms with Crippen LogP contribution in [0, 0.1) is 6.92 Å². The van der Waals surface area contributed by atoms with Crippen LogP contribution in [0.2, 0.25) is 8.67 Å². The average molecular weight is 385 g/mol. The summed E-state index contributed by atoms with van der Waals surface area (Å²) in [4.78, 5) is 2.52. The second-order valence-electron chi connectivity index (χ2n) is 3.84. The zero-order valence-corrected chi connectivity index (χ0v) is 14.6. The van der Waals surface area contributed by atoms with Crippen LogP contribution in [-0.4, -0.2) is 6.54 Å². The summed E-state index contributed by atoms with van der Waals surface area (Å²) >= 11 is 19.1. The van der Waals surface area contributed by atoms with Crippen molar-refractivity contribution < 1.29 is 0 Å². The summed E-state index contributed by atoms with van der Waals surface area (Å²) < 4.78 is 2.60. The maximum absolute atomic E-state index is 6.27. The third-order valence-electron chi connectivity index (χ3n) is 2.50. The molecule has 2 aromatic rings. The molecule has 2 rings (SSSR count). The van der Waals surface area contributed by atoms with Gasteiger partial charge in [0.1, 0.15) is 0 Å². The number of nitrogens with one attached hydrogen (secondary N) is 1. The highest BCUT2D eigenvalue weighted by Crippen LogP contribution is 2.41. The van der Waals surface area contributed by atoms with Crippen LogP contribution in [0.5, 0.6) is 0 Å². The molecule has 0 radical (unpaired) electrons. The van der Waals surface area contributed by atoms with Gasteiger partial charge in [-0.05, 0) is 41.5 Å². The van der Waals surface area contributed by atoms with E-state index in [-0.39, 0.29) is 6.04 Å². The van der Waals surface area contributed by atoms with Crippen molar-refractivity contribution in [1.29, 1.82) is 0 Å². The van der Waals surface area contributed by atoms with Crippen LogP contribution >= 0.6 is 61.8 Å². The van der Waals surface area contributed by atoms with Crippen LogP contribution in [-0.2, 0) is 0 Å². The topological polar surface area (TPSA) is 12.0 Å². The molecule has 1 atom stereocenters. The Hall–Kier alpha value is 0.420. The minimum Gasteiger partial charge on any atom is -0.306 e. The molecule has 0 spiro atoms. The quantitative estimate of drug-likeness (QED) is 0.693. The Bertz CT molecular complexity index is 504. The molecule has 0 aliphatic rings. The van der Waals surface area contributed by atoms with E-state index in [1.165, 1.54) is 21.1 Å². The number of hydrogen-bond donors (Lipinski definition) is 1. The molecule has 0 bridgehead atoms. The Morgan fingerprint density at radius 1 is 1.33 bits per heavy atom. The fourth-order valence-corrected chi connectivity index (χ4v) is 5.30. The molecular formula is C12H12BrCl2NS2. The Morgan fingerprint density at radius 2 is 2.06 bits per heavy atom. The average Bonchev–Trinajstić information content (AvgIpc) is 2.78. The molecule has 0 saturated heterocycles. The Morgan fingerprint density at radius 3 is 2.50 bits per heavy atom. The highest BCUT2D eigenvalue weighted by atomic mass is 79.9. The third-order valence-corrected chi connectivity index (χ3v) is 6.05. The van der Waals surface area contributed by atoms with Gasteiger partial charge in [-0.3, -0.25) is 0 Å². The first kappa shape index (κ1) is 14.8. The zero-order valence-electron chi connectivity index (χ0n) is 9.89. The molecule has 98 valence electrons. The van der Waals surface area contributed by atoms with Gasteiger partial charge in [0, 0.05) is 19.8 Å². The first-order chi connectivity index (χ1) is 8.52. The molecule has 6 heteroatoms. The van der Waals surface area contributed by atoms with Gasteiger partial charge in [-0.15, -0.1) is 22.7 Å². The van der Waals surface area contributed by atoms with Crippen LogP contribution in [0.4, 0.5) is 0 Å². The summed E-state index contributed by atoms with van der Waals surface area (Å²) in [5, 5.41) is 3.47. The van der Waals surface area contributed by atoms with Gasteiger partial charge in [0.05, 0.1) is 14.7 Å². The van der Waals surface area contributed by atoms with Crippen molar-refractivity contribution in [2.45, 2.75) is 19.9 Å². The molecule has 0 amide bonds. The first-order valence-electron chi connectivity index (χ1n) is 5.46. The fourth-order valence-electron chi connectivity index (χ4n) is 1.80. The Kier molecular flexibility index (Phi) is 5.14. The van der Waals surface area contributed by atoms with Crippen molar-refractivity contribution in [3.63, 3.8) is 0 Å². The van der Waals surface area contributed by atoms with E-state index in [1.54, 1.807) is 11.3 Å². The molecule has 0 aliphatic heterocycles. The van der Waals surface area contributed by atoms with Crippen molar-refractivity contribution in [2.24, 2.45) is 0 Å². The first-order valence-corrected chi connectivity index (χ1v) is 8.65. The maximum Gasteiger partial charge on any atom is 0.0995 e. The van der Waals surface area contributed by atoms with Crippen molar-refractivity contribution in [2.75, 3.05) is 6.54 Å².